The maximum Gasteiger partial charge on any atom is 0.291 e. The molecule has 0 bridgehead atoms. The molecule has 0 radical (unpaired) electrons. The van der Waals surface area contributed by atoms with E-state index in [1.807, 2.05) is 26.0 Å². The molecule has 3 aromatic rings. The van der Waals surface area contributed by atoms with Crippen LogP contribution in [-0.2, 0) is 11.3 Å². The third-order valence-electron chi connectivity index (χ3n) is 4.79. The predicted octanol–water partition coefficient (Wildman–Crippen LogP) is 2.34. The lowest BCUT2D eigenvalue weighted by molar-refractivity contribution is 0.0763. The van der Waals surface area contributed by atoms with Gasteiger partial charge in [0.1, 0.15) is 11.6 Å². The Morgan fingerprint density at radius 3 is 2.71 bits per heavy atom. The van der Waals surface area contributed by atoms with Crippen molar-refractivity contribution in [1.29, 1.82) is 0 Å². The molecule has 4 rings (SSSR count). The molecule has 1 saturated heterocycles. The number of rotatable bonds is 4. The third-order valence-corrected chi connectivity index (χ3v) is 4.79. The van der Waals surface area contributed by atoms with E-state index < -0.39 is 0 Å². The number of aromatic nitrogens is 3. The molecule has 1 fully saturated rings. The second-order valence-electron chi connectivity index (χ2n) is 6.99. The van der Waals surface area contributed by atoms with Crippen molar-refractivity contribution in [2.45, 2.75) is 20.4 Å². The number of anilines is 1. The van der Waals surface area contributed by atoms with E-state index in [-0.39, 0.29) is 11.7 Å². The minimum Gasteiger partial charge on any atom is -0.467 e. The molecular weight excluding hydrogens is 358 g/mol. The Hall–Kier alpha value is -3.00. The summed E-state index contributed by atoms with van der Waals surface area (Å²) in [4.78, 5) is 30.4. The van der Waals surface area contributed by atoms with E-state index in [1.54, 1.807) is 24.3 Å². The van der Waals surface area contributed by atoms with Crippen LogP contribution in [0.15, 0.2) is 28.9 Å². The lowest BCUT2D eigenvalue weighted by atomic mass is 10.1. The van der Waals surface area contributed by atoms with E-state index in [1.165, 1.54) is 0 Å². The Labute approximate surface area is 163 Å². The molecule has 1 aliphatic heterocycles. The van der Waals surface area contributed by atoms with Gasteiger partial charge in [0.2, 0.25) is 5.82 Å². The van der Waals surface area contributed by atoms with Crippen LogP contribution in [0, 0.1) is 13.8 Å². The van der Waals surface area contributed by atoms with E-state index in [0.717, 1.165) is 35.6 Å². The van der Waals surface area contributed by atoms with Crippen molar-refractivity contribution >= 4 is 22.8 Å². The Balaban J connectivity index is 1.76. The monoisotopic (exact) mass is 381 g/mol. The summed E-state index contributed by atoms with van der Waals surface area (Å²) in [7, 11) is 1.71. The van der Waals surface area contributed by atoms with Gasteiger partial charge in [-0.1, -0.05) is 0 Å². The van der Waals surface area contributed by atoms with Crippen molar-refractivity contribution in [3.05, 3.63) is 47.3 Å². The number of nitrogens with zero attached hydrogens (tertiary/aromatic N) is 5. The van der Waals surface area contributed by atoms with Gasteiger partial charge >= 0.3 is 0 Å². The summed E-state index contributed by atoms with van der Waals surface area (Å²) in [6, 6.07) is 5.64. The molecular formula is C20H23N5O3. The molecule has 8 nitrogen and oxygen atoms in total. The quantitative estimate of drug-likeness (QED) is 0.686. The van der Waals surface area contributed by atoms with Crippen molar-refractivity contribution in [1.82, 2.24) is 19.9 Å². The van der Waals surface area contributed by atoms with Crippen LogP contribution in [-0.4, -0.2) is 59.1 Å². The van der Waals surface area contributed by atoms with Crippen LogP contribution < -0.4 is 4.90 Å². The molecule has 0 atom stereocenters. The number of aryl methyl sites for hydroxylation is 2. The first-order valence-corrected chi connectivity index (χ1v) is 9.29. The number of morpholine rings is 1. The van der Waals surface area contributed by atoms with E-state index in [2.05, 4.69) is 19.9 Å². The van der Waals surface area contributed by atoms with Crippen LogP contribution in [0.25, 0.3) is 11.0 Å². The summed E-state index contributed by atoms with van der Waals surface area (Å²) in [5.41, 5.74) is 2.45. The van der Waals surface area contributed by atoms with Crippen LogP contribution in [0.1, 0.15) is 27.6 Å². The highest BCUT2D eigenvalue weighted by atomic mass is 16.5. The topological polar surface area (TPSA) is 84.6 Å². The number of furan rings is 1. The second kappa shape index (κ2) is 7.55. The minimum absolute atomic E-state index is 0.139. The van der Waals surface area contributed by atoms with Gasteiger partial charge in [-0.3, -0.25) is 4.79 Å². The summed E-state index contributed by atoms with van der Waals surface area (Å²) in [5, 5.41) is 0.887. The molecule has 4 heterocycles. The van der Waals surface area contributed by atoms with Gasteiger partial charge in [-0.25, -0.2) is 15.0 Å². The van der Waals surface area contributed by atoms with Gasteiger partial charge in [-0.15, -0.1) is 0 Å². The van der Waals surface area contributed by atoms with Gasteiger partial charge in [0, 0.05) is 25.8 Å². The zero-order valence-electron chi connectivity index (χ0n) is 16.3. The van der Waals surface area contributed by atoms with Gasteiger partial charge in [0.15, 0.2) is 5.65 Å². The zero-order valence-corrected chi connectivity index (χ0v) is 16.3. The maximum absolute atomic E-state index is 13.0. The fraction of sp³-hybridized carbons (Fsp3) is 0.400. The molecule has 0 unspecified atom stereocenters. The molecule has 146 valence electrons. The average molecular weight is 381 g/mol. The number of ether oxygens (including phenoxy) is 1. The normalized spacial score (nSPS) is 14.5. The number of amides is 1. The van der Waals surface area contributed by atoms with Crippen LogP contribution >= 0.6 is 0 Å². The SMILES string of the molecule is Cc1cc(C)c2c(N3CCOCC3)nc(C(=O)N(C)Cc3ccco3)nc2n1. The summed E-state index contributed by atoms with van der Waals surface area (Å²) in [5.74, 6) is 1.32. The Morgan fingerprint density at radius 2 is 2.00 bits per heavy atom. The van der Waals surface area contributed by atoms with E-state index >= 15 is 0 Å². The molecule has 0 spiro atoms. The van der Waals surface area contributed by atoms with E-state index in [4.69, 9.17) is 9.15 Å². The van der Waals surface area contributed by atoms with Crippen LogP contribution in [0.2, 0.25) is 0 Å². The zero-order chi connectivity index (χ0) is 19.7. The number of hydrogen-bond donors (Lipinski definition) is 0. The summed E-state index contributed by atoms with van der Waals surface area (Å²) in [6.07, 6.45) is 1.59. The predicted molar refractivity (Wildman–Crippen MR) is 104 cm³/mol. The van der Waals surface area contributed by atoms with Gasteiger partial charge in [-0.2, -0.15) is 0 Å². The maximum atomic E-state index is 13.0. The van der Waals surface area contributed by atoms with E-state index in [9.17, 15) is 4.79 Å². The molecule has 0 saturated carbocycles. The largest absolute Gasteiger partial charge is 0.467 e. The van der Waals surface area contributed by atoms with Crippen molar-refractivity contribution in [2.24, 2.45) is 0 Å². The van der Waals surface area contributed by atoms with Crippen LogP contribution in [0.3, 0.4) is 0 Å². The highest BCUT2D eigenvalue weighted by Crippen LogP contribution is 2.27. The second-order valence-corrected chi connectivity index (χ2v) is 6.99. The minimum atomic E-state index is -0.270. The standard InChI is InChI=1S/C20H23N5O3/c1-13-11-14(2)21-17-16(13)19(25-6-9-27-10-7-25)23-18(22-17)20(26)24(3)12-15-5-4-8-28-15/h4-5,8,11H,6-7,9-10,12H2,1-3H3. The number of fused-ring (bicyclic) bond motifs is 1. The summed E-state index contributed by atoms with van der Waals surface area (Å²) < 4.78 is 10.8. The van der Waals surface area contributed by atoms with E-state index in [0.29, 0.717) is 31.2 Å². The Kier molecular flexibility index (Phi) is 4.95. The summed E-state index contributed by atoms with van der Waals surface area (Å²) in [6.45, 7) is 6.99. The number of hydrogen-bond acceptors (Lipinski definition) is 7. The molecule has 0 aromatic carbocycles. The molecule has 8 heteroatoms. The van der Waals surface area contributed by atoms with Crippen molar-refractivity contribution in [3.63, 3.8) is 0 Å². The molecule has 1 amide bonds. The van der Waals surface area contributed by atoms with Crippen LogP contribution in [0.5, 0.6) is 0 Å². The number of pyridine rings is 1. The number of carbonyl (C=O) groups is 1. The van der Waals surface area contributed by atoms with Crippen LogP contribution in [0.4, 0.5) is 5.82 Å². The molecule has 1 aliphatic rings. The van der Waals surface area contributed by atoms with Crippen molar-refractivity contribution in [3.8, 4) is 0 Å². The fourth-order valence-corrected chi connectivity index (χ4v) is 3.43. The first kappa shape index (κ1) is 18.4. The fourth-order valence-electron chi connectivity index (χ4n) is 3.43. The Bertz CT molecular complexity index is 997. The van der Waals surface area contributed by atoms with Crippen molar-refractivity contribution in [2.75, 3.05) is 38.3 Å². The first-order valence-electron chi connectivity index (χ1n) is 9.29. The highest BCUT2D eigenvalue weighted by Gasteiger charge is 2.24. The third kappa shape index (κ3) is 3.55. The molecule has 0 aliphatic carbocycles. The number of carbonyl (C=O) groups excluding carboxylic acids is 1. The lowest BCUT2D eigenvalue weighted by Crippen LogP contribution is -2.37. The van der Waals surface area contributed by atoms with Gasteiger partial charge in [0.25, 0.3) is 5.91 Å². The lowest BCUT2D eigenvalue weighted by Gasteiger charge is -2.29. The molecule has 3 aromatic heterocycles. The average Bonchev–Trinajstić information content (AvgIpc) is 3.19. The van der Waals surface area contributed by atoms with Gasteiger partial charge in [0.05, 0.1) is 31.4 Å². The summed E-state index contributed by atoms with van der Waals surface area (Å²) >= 11 is 0. The first-order chi connectivity index (χ1) is 13.5. The van der Waals surface area contributed by atoms with Gasteiger partial charge in [-0.05, 0) is 37.6 Å². The van der Waals surface area contributed by atoms with Gasteiger partial charge < -0.3 is 19.0 Å². The molecule has 0 N–H and O–H groups in total. The van der Waals surface area contributed by atoms with Crippen molar-refractivity contribution < 1.29 is 13.9 Å². The Morgan fingerprint density at radius 1 is 1.21 bits per heavy atom. The smallest absolute Gasteiger partial charge is 0.291 e. The molecule has 28 heavy (non-hydrogen) atoms. The highest BCUT2D eigenvalue weighted by molar-refractivity contribution is 5.96.